The van der Waals surface area contributed by atoms with Crippen molar-refractivity contribution < 1.29 is 14.1 Å². The van der Waals surface area contributed by atoms with Gasteiger partial charge in [-0.1, -0.05) is 13.3 Å². The molecule has 0 spiro atoms. The number of hydrogen-bond acceptors (Lipinski definition) is 4. The lowest BCUT2D eigenvalue weighted by molar-refractivity contribution is 0.0696. The van der Waals surface area contributed by atoms with E-state index in [0.717, 1.165) is 25.0 Å². The number of aromatic carboxylic acids is 1. The summed E-state index contributed by atoms with van der Waals surface area (Å²) in [7, 11) is -0.818. The third-order valence-electron chi connectivity index (χ3n) is 2.86. The largest absolute Gasteiger partial charge is 0.478 e. The van der Waals surface area contributed by atoms with E-state index in [-0.39, 0.29) is 11.6 Å². The van der Waals surface area contributed by atoms with Crippen LogP contribution in [0.5, 0.6) is 0 Å². The Hall–Kier alpha value is -1.43. The molecule has 0 radical (unpaired) electrons. The van der Waals surface area contributed by atoms with Gasteiger partial charge in [0.1, 0.15) is 5.82 Å². The Balaban J connectivity index is 2.82. The number of carbonyl (C=O) groups is 1. The molecule has 5 nitrogen and oxygen atoms in total. The Kier molecular flexibility index (Phi) is 6.64. The highest BCUT2D eigenvalue weighted by Gasteiger charge is 2.10. The molecule has 1 heterocycles. The second-order valence-electron chi connectivity index (χ2n) is 4.90. The van der Waals surface area contributed by atoms with Crippen LogP contribution in [0.1, 0.15) is 42.7 Å². The highest BCUT2D eigenvalue weighted by molar-refractivity contribution is 7.84. The van der Waals surface area contributed by atoms with Crippen molar-refractivity contribution in [2.75, 3.05) is 17.3 Å². The van der Waals surface area contributed by atoms with Gasteiger partial charge in [0, 0.05) is 34.5 Å². The molecule has 0 saturated carbocycles. The lowest BCUT2D eigenvalue weighted by Crippen LogP contribution is -2.19. The van der Waals surface area contributed by atoms with Gasteiger partial charge in [0.25, 0.3) is 0 Å². The summed E-state index contributed by atoms with van der Waals surface area (Å²) in [5.41, 5.74) is 1.03. The van der Waals surface area contributed by atoms with Crippen LogP contribution in [0, 0.1) is 0 Å². The molecule has 0 aliphatic heterocycles. The lowest BCUT2D eigenvalue weighted by Gasteiger charge is -2.15. The van der Waals surface area contributed by atoms with Crippen LogP contribution < -0.4 is 5.32 Å². The quantitative estimate of drug-likeness (QED) is 0.770. The predicted octanol–water partition coefficient (Wildman–Crippen LogP) is 2.30. The number of rotatable bonds is 8. The smallest absolute Gasteiger partial charge is 0.335 e. The van der Waals surface area contributed by atoms with E-state index in [1.54, 1.807) is 18.4 Å². The Morgan fingerprint density at radius 3 is 2.75 bits per heavy atom. The molecule has 1 aromatic rings. The summed E-state index contributed by atoms with van der Waals surface area (Å²) in [6, 6.07) is 3.26. The third kappa shape index (κ3) is 5.69. The SMILES string of the molecule is CCCc1cc(C(=O)O)cc(NC(C)CCS(C)=O)n1. The van der Waals surface area contributed by atoms with Crippen molar-refractivity contribution in [3.05, 3.63) is 23.4 Å². The highest BCUT2D eigenvalue weighted by atomic mass is 32.2. The zero-order chi connectivity index (χ0) is 15.1. The standard InChI is InChI=1S/C14H22N2O3S/c1-4-5-12-8-11(14(17)18)9-13(16-12)15-10(2)6-7-20(3)19/h8-10H,4-7H2,1-3H3,(H,15,16)(H,17,18). The maximum Gasteiger partial charge on any atom is 0.335 e. The molecule has 0 aromatic carbocycles. The zero-order valence-electron chi connectivity index (χ0n) is 12.2. The zero-order valence-corrected chi connectivity index (χ0v) is 13.0. The van der Waals surface area contributed by atoms with E-state index in [1.807, 2.05) is 13.8 Å². The van der Waals surface area contributed by atoms with E-state index in [4.69, 9.17) is 5.11 Å². The molecule has 1 rings (SSSR count). The van der Waals surface area contributed by atoms with Crippen molar-refractivity contribution in [2.24, 2.45) is 0 Å². The van der Waals surface area contributed by atoms with E-state index < -0.39 is 16.8 Å². The second kappa shape index (κ2) is 7.99. The number of anilines is 1. The van der Waals surface area contributed by atoms with Gasteiger partial charge < -0.3 is 10.4 Å². The first-order valence-corrected chi connectivity index (χ1v) is 8.46. The van der Waals surface area contributed by atoms with Gasteiger partial charge in [-0.3, -0.25) is 4.21 Å². The molecule has 6 heteroatoms. The summed E-state index contributed by atoms with van der Waals surface area (Å²) < 4.78 is 11.1. The summed E-state index contributed by atoms with van der Waals surface area (Å²) in [6.45, 7) is 4.00. The Morgan fingerprint density at radius 2 is 2.20 bits per heavy atom. The molecular formula is C14H22N2O3S. The minimum atomic E-state index is -0.949. The van der Waals surface area contributed by atoms with Crippen molar-refractivity contribution >= 4 is 22.6 Å². The molecule has 0 bridgehead atoms. The summed E-state index contributed by atoms with van der Waals surface area (Å²) in [4.78, 5) is 15.5. The van der Waals surface area contributed by atoms with Crippen molar-refractivity contribution in [3.8, 4) is 0 Å². The van der Waals surface area contributed by atoms with E-state index >= 15 is 0 Å². The van der Waals surface area contributed by atoms with Crippen LogP contribution in [0.3, 0.4) is 0 Å². The fourth-order valence-electron chi connectivity index (χ4n) is 1.84. The fraction of sp³-hybridized carbons (Fsp3) is 0.571. The van der Waals surface area contributed by atoms with Crippen LogP contribution >= 0.6 is 0 Å². The van der Waals surface area contributed by atoms with Crippen LogP contribution in [0.2, 0.25) is 0 Å². The normalized spacial score (nSPS) is 13.8. The lowest BCUT2D eigenvalue weighted by atomic mass is 10.1. The third-order valence-corrected chi connectivity index (χ3v) is 3.67. The van der Waals surface area contributed by atoms with Crippen molar-refractivity contribution in [2.45, 2.75) is 39.2 Å². The van der Waals surface area contributed by atoms with Crippen molar-refractivity contribution in [1.82, 2.24) is 4.98 Å². The summed E-state index contributed by atoms with van der Waals surface area (Å²) in [5.74, 6) is 0.243. The minimum absolute atomic E-state index is 0.102. The second-order valence-corrected chi connectivity index (χ2v) is 6.45. The first-order valence-electron chi connectivity index (χ1n) is 6.73. The van der Waals surface area contributed by atoms with E-state index in [0.29, 0.717) is 11.6 Å². The molecule has 0 fully saturated rings. The maximum absolute atomic E-state index is 11.1. The number of pyridine rings is 1. The minimum Gasteiger partial charge on any atom is -0.478 e. The van der Waals surface area contributed by atoms with Gasteiger partial charge in [-0.25, -0.2) is 9.78 Å². The fourth-order valence-corrected chi connectivity index (χ4v) is 2.52. The maximum atomic E-state index is 11.1. The number of hydrogen-bond donors (Lipinski definition) is 2. The molecule has 20 heavy (non-hydrogen) atoms. The van der Waals surface area contributed by atoms with E-state index in [1.165, 1.54) is 0 Å². The van der Waals surface area contributed by atoms with E-state index in [9.17, 15) is 9.00 Å². The summed E-state index contributed by atoms with van der Waals surface area (Å²) in [6.07, 6.45) is 4.10. The molecule has 0 aliphatic carbocycles. The van der Waals surface area contributed by atoms with Gasteiger partial charge in [0.05, 0.1) is 5.56 Å². The molecule has 0 amide bonds. The Morgan fingerprint density at radius 1 is 1.50 bits per heavy atom. The molecule has 0 saturated heterocycles. The first-order chi connectivity index (χ1) is 9.42. The highest BCUT2D eigenvalue weighted by Crippen LogP contribution is 2.14. The number of nitrogens with zero attached hydrogens (tertiary/aromatic N) is 1. The Labute approximate surface area is 122 Å². The molecule has 1 aromatic heterocycles. The first kappa shape index (κ1) is 16.6. The van der Waals surface area contributed by atoms with Crippen LogP contribution in [0.4, 0.5) is 5.82 Å². The summed E-state index contributed by atoms with van der Waals surface area (Å²) >= 11 is 0. The van der Waals surface area contributed by atoms with E-state index in [2.05, 4.69) is 10.3 Å². The molecule has 112 valence electrons. The monoisotopic (exact) mass is 298 g/mol. The molecular weight excluding hydrogens is 276 g/mol. The molecule has 2 atom stereocenters. The average molecular weight is 298 g/mol. The average Bonchev–Trinajstić information content (AvgIpc) is 2.36. The van der Waals surface area contributed by atoms with Crippen molar-refractivity contribution in [1.29, 1.82) is 0 Å². The number of aryl methyl sites for hydroxylation is 1. The molecule has 2 unspecified atom stereocenters. The van der Waals surface area contributed by atoms with Gasteiger partial charge in [-0.2, -0.15) is 0 Å². The van der Waals surface area contributed by atoms with Crippen LogP contribution in [-0.4, -0.2) is 38.3 Å². The van der Waals surface area contributed by atoms with Crippen LogP contribution in [0.15, 0.2) is 12.1 Å². The van der Waals surface area contributed by atoms with Crippen molar-refractivity contribution in [3.63, 3.8) is 0 Å². The number of carboxylic acid groups (broad SMARTS) is 1. The van der Waals surface area contributed by atoms with Gasteiger partial charge in [-0.05, 0) is 31.9 Å². The summed E-state index contributed by atoms with van der Waals surface area (Å²) in [5, 5.41) is 12.3. The van der Waals surface area contributed by atoms with Gasteiger partial charge in [0.15, 0.2) is 0 Å². The van der Waals surface area contributed by atoms with Gasteiger partial charge >= 0.3 is 5.97 Å². The number of carboxylic acids is 1. The number of aromatic nitrogens is 1. The molecule has 2 N–H and O–H groups in total. The van der Waals surface area contributed by atoms with Crippen LogP contribution in [0.25, 0.3) is 0 Å². The number of nitrogens with one attached hydrogen (secondary N) is 1. The van der Waals surface area contributed by atoms with Gasteiger partial charge in [0.2, 0.25) is 0 Å². The molecule has 0 aliphatic rings. The van der Waals surface area contributed by atoms with Gasteiger partial charge in [-0.15, -0.1) is 0 Å². The predicted molar refractivity (Wildman–Crippen MR) is 81.8 cm³/mol. The van der Waals surface area contributed by atoms with Crippen LogP contribution in [-0.2, 0) is 17.2 Å². The topological polar surface area (TPSA) is 79.3 Å². The Bertz CT molecular complexity index is 491.